The predicted octanol–water partition coefficient (Wildman–Crippen LogP) is 5.17. The number of hydrogen-bond acceptors (Lipinski definition) is 3. The fourth-order valence-corrected chi connectivity index (χ4v) is 4.32. The van der Waals surface area contributed by atoms with Crippen molar-refractivity contribution in [2.45, 2.75) is 18.1 Å². The van der Waals surface area contributed by atoms with Crippen molar-refractivity contribution in [3.63, 3.8) is 0 Å². The second kappa shape index (κ2) is 6.63. The van der Waals surface area contributed by atoms with E-state index >= 15 is 0 Å². The lowest BCUT2D eigenvalue weighted by molar-refractivity contribution is -0.384. The van der Waals surface area contributed by atoms with E-state index in [0.29, 0.717) is 0 Å². The lowest BCUT2D eigenvalue weighted by Crippen LogP contribution is -2.19. The van der Waals surface area contributed by atoms with E-state index in [1.54, 1.807) is 12.1 Å². The first-order valence-corrected chi connectivity index (χ1v) is 9.27. The first-order chi connectivity index (χ1) is 13.7. The van der Waals surface area contributed by atoms with Crippen LogP contribution in [0.1, 0.15) is 40.4 Å². The molecule has 136 valence electrons. The number of nitro groups is 1. The Labute approximate surface area is 162 Å². The van der Waals surface area contributed by atoms with Crippen molar-refractivity contribution in [1.82, 2.24) is 0 Å². The second-order valence-corrected chi connectivity index (χ2v) is 7.14. The van der Waals surface area contributed by atoms with Crippen LogP contribution >= 0.6 is 0 Å². The van der Waals surface area contributed by atoms with Crippen LogP contribution < -0.4 is 0 Å². The number of benzene rings is 3. The van der Waals surface area contributed by atoms with Gasteiger partial charge in [0.1, 0.15) is 0 Å². The van der Waals surface area contributed by atoms with Gasteiger partial charge in [-0.25, -0.2) is 0 Å². The monoisotopic (exact) mass is 367 g/mol. The molecule has 0 radical (unpaired) electrons. The summed E-state index contributed by atoms with van der Waals surface area (Å²) in [5, 5.41) is 11.0. The van der Waals surface area contributed by atoms with Gasteiger partial charge in [-0.2, -0.15) is 0 Å². The fourth-order valence-electron chi connectivity index (χ4n) is 4.32. The molecule has 4 atom stereocenters. The maximum Gasteiger partial charge on any atom is 0.269 e. The van der Waals surface area contributed by atoms with Crippen molar-refractivity contribution in [1.29, 1.82) is 0 Å². The van der Waals surface area contributed by atoms with E-state index in [1.165, 1.54) is 11.1 Å². The molecule has 0 spiro atoms. The van der Waals surface area contributed by atoms with Crippen molar-refractivity contribution in [2.75, 3.05) is 0 Å². The Morgan fingerprint density at radius 3 is 2.14 bits per heavy atom. The molecule has 1 fully saturated rings. The number of fused-ring (bicyclic) bond motifs is 5. The van der Waals surface area contributed by atoms with Crippen LogP contribution in [-0.2, 0) is 4.74 Å². The van der Waals surface area contributed by atoms with E-state index in [0.717, 1.165) is 11.1 Å². The van der Waals surface area contributed by atoms with Crippen molar-refractivity contribution >= 4 is 5.69 Å². The number of ether oxygens (including phenoxy) is 1. The summed E-state index contributed by atoms with van der Waals surface area (Å²) in [5.41, 5.74) is 4.51. The molecule has 0 amide bonds. The number of rotatable bonds is 2. The summed E-state index contributed by atoms with van der Waals surface area (Å²) in [6, 6.07) is 25.0. The number of nitrogens with zero attached hydrogens (tertiary/aromatic N) is 1. The van der Waals surface area contributed by atoms with E-state index in [4.69, 9.17) is 4.74 Å². The Morgan fingerprint density at radius 2 is 1.46 bits per heavy atom. The Balaban J connectivity index is 1.57. The van der Waals surface area contributed by atoms with Gasteiger partial charge in [0.15, 0.2) is 0 Å². The molecule has 3 aromatic carbocycles. The Morgan fingerprint density at radius 1 is 0.821 bits per heavy atom. The summed E-state index contributed by atoms with van der Waals surface area (Å²) < 4.78 is 6.35. The van der Waals surface area contributed by atoms with Crippen molar-refractivity contribution in [3.8, 4) is 11.8 Å². The maximum absolute atomic E-state index is 11.0. The molecule has 2 aliphatic rings. The largest absolute Gasteiger partial charge is 0.364 e. The van der Waals surface area contributed by atoms with Gasteiger partial charge in [0.2, 0.25) is 0 Å². The molecule has 0 saturated carbocycles. The molecule has 0 N–H and O–H groups in total. The molecule has 0 aromatic heterocycles. The SMILES string of the molecule is O=[N+]([O-])c1ccc([C@H]2[C@@H](C#Cc3ccccc3)[C@H]3O[C@@H]2c2ccccc23)cc1. The Kier molecular flexibility index (Phi) is 3.96. The first-order valence-electron chi connectivity index (χ1n) is 9.27. The summed E-state index contributed by atoms with van der Waals surface area (Å²) in [6.07, 6.45) is -0.143. The van der Waals surface area contributed by atoms with Crippen molar-refractivity contribution in [2.24, 2.45) is 5.92 Å². The third-order valence-electron chi connectivity index (χ3n) is 5.59. The van der Waals surface area contributed by atoms with Crippen LogP contribution in [0.15, 0.2) is 78.9 Å². The highest BCUT2D eigenvalue weighted by Crippen LogP contribution is 2.60. The zero-order valence-corrected chi connectivity index (χ0v) is 15.0. The fraction of sp³-hybridized carbons (Fsp3) is 0.167. The standard InChI is InChI=1S/C24H17NO3/c26-25(27)18-13-11-17(12-14-18)22-21(15-10-16-6-2-1-3-7-16)23-19-8-4-5-9-20(19)24(22)28-23/h1-9,11-14,21-24H/t21-,22+,23+,24-/m1/s1. The van der Waals surface area contributed by atoms with Gasteiger partial charge in [-0.05, 0) is 28.8 Å². The number of non-ortho nitro benzene ring substituents is 1. The average Bonchev–Trinajstić information content (AvgIpc) is 3.30. The molecule has 4 nitrogen and oxygen atoms in total. The molecule has 2 aliphatic heterocycles. The summed E-state index contributed by atoms with van der Waals surface area (Å²) in [5.74, 6) is 6.79. The highest BCUT2D eigenvalue weighted by molar-refractivity contribution is 5.47. The minimum Gasteiger partial charge on any atom is -0.364 e. The first kappa shape index (κ1) is 16.7. The van der Waals surface area contributed by atoms with Gasteiger partial charge in [-0.1, -0.05) is 66.4 Å². The molecule has 0 unspecified atom stereocenters. The molecular weight excluding hydrogens is 350 g/mol. The van der Waals surface area contributed by atoms with Gasteiger partial charge < -0.3 is 4.74 Å². The molecule has 5 rings (SSSR count). The van der Waals surface area contributed by atoms with Crippen LogP contribution in [-0.4, -0.2) is 4.92 Å². The van der Waals surface area contributed by atoms with Crippen molar-refractivity contribution in [3.05, 3.63) is 111 Å². The molecule has 3 aromatic rings. The van der Waals surface area contributed by atoms with Gasteiger partial charge in [-0.15, -0.1) is 0 Å². The smallest absolute Gasteiger partial charge is 0.269 e. The highest BCUT2D eigenvalue weighted by Gasteiger charge is 2.52. The van der Waals surface area contributed by atoms with E-state index in [1.807, 2.05) is 54.6 Å². The quantitative estimate of drug-likeness (QED) is 0.357. The molecule has 2 heterocycles. The van der Waals surface area contributed by atoms with Gasteiger partial charge in [0, 0.05) is 23.6 Å². The molecule has 28 heavy (non-hydrogen) atoms. The van der Waals surface area contributed by atoms with E-state index in [9.17, 15) is 10.1 Å². The van der Waals surface area contributed by atoms with Crippen LogP contribution in [0.4, 0.5) is 5.69 Å². The summed E-state index contributed by atoms with van der Waals surface area (Å²) >= 11 is 0. The zero-order chi connectivity index (χ0) is 19.1. The minimum atomic E-state index is -0.372. The van der Waals surface area contributed by atoms with Crippen LogP contribution in [0.25, 0.3) is 0 Å². The van der Waals surface area contributed by atoms with Gasteiger partial charge in [-0.3, -0.25) is 10.1 Å². The molecular formula is C24H17NO3. The van der Waals surface area contributed by atoms with E-state index in [2.05, 4.69) is 24.0 Å². The number of hydrogen-bond donors (Lipinski definition) is 0. The average molecular weight is 367 g/mol. The van der Waals surface area contributed by atoms with Crippen LogP contribution in [0, 0.1) is 27.9 Å². The summed E-state index contributed by atoms with van der Waals surface area (Å²) in [7, 11) is 0. The van der Waals surface area contributed by atoms with E-state index < -0.39 is 0 Å². The maximum atomic E-state index is 11.0. The minimum absolute atomic E-state index is 0.00145. The van der Waals surface area contributed by atoms with Gasteiger partial charge in [0.25, 0.3) is 5.69 Å². The lowest BCUT2D eigenvalue weighted by Gasteiger charge is -2.26. The third-order valence-corrected chi connectivity index (χ3v) is 5.59. The molecule has 1 saturated heterocycles. The Hall–Kier alpha value is -3.42. The third kappa shape index (κ3) is 2.69. The van der Waals surface area contributed by atoms with Crippen molar-refractivity contribution < 1.29 is 9.66 Å². The lowest BCUT2D eigenvalue weighted by atomic mass is 9.73. The van der Waals surface area contributed by atoms with Crippen LogP contribution in [0.2, 0.25) is 0 Å². The Bertz CT molecular complexity index is 1100. The normalized spacial score (nSPS) is 24.3. The number of nitro benzene ring substituents is 1. The van der Waals surface area contributed by atoms with E-state index in [-0.39, 0.29) is 34.7 Å². The zero-order valence-electron chi connectivity index (χ0n) is 15.0. The molecule has 0 aliphatic carbocycles. The summed E-state index contributed by atoms with van der Waals surface area (Å²) in [4.78, 5) is 10.6. The van der Waals surface area contributed by atoms with Gasteiger partial charge in [0.05, 0.1) is 23.0 Å². The highest BCUT2D eigenvalue weighted by atomic mass is 16.6. The molecule has 2 bridgehead atoms. The predicted molar refractivity (Wildman–Crippen MR) is 106 cm³/mol. The topological polar surface area (TPSA) is 52.4 Å². The molecule has 4 heteroatoms. The van der Waals surface area contributed by atoms with Gasteiger partial charge >= 0.3 is 0 Å². The summed E-state index contributed by atoms with van der Waals surface area (Å²) in [6.45, 7) is 0. The second-order valence-electron chi connectivity index (χ2n) is 7.14. The van der Waals surface area contributed by atoms with Crippen LogP contribution in [0.5, 0.6) is 0 Å². The van der Waals surface area contributed by atoms with Crippen LogP contribution in [0.3, 0.4) is 0 Å².